The highest BCUT2D eigenvalue weighted by molar-refractivity contribution is 4.90. The molecule has 0 saturated carbocycles. The molecule has 1 heterocycles. The summed E-state index contributed by atoms with van der Waals surface area (Å²) in [4.78, 5) is 0. The van der Waals surface area contributed by atoms with E-state index in [2.05, 4.69) is 0 Å². The van der Waals surface area contributed by atoms with E-state index in [9.17, 15) is 8.78 Å². The van der Waals surface area contributed by atoms with Crippen LogP contribution in [0.4, 0.5) is 8.78 Å². The number of rotatable bonds is 3. The number of halogens is 2. The third kappa shape index (κ3) is 2.17. The van der Waals surface area contributed by atoms with Gasteiger partial charge in [-0.15, -0.1) is 0 Å². The maximum absolute atomic E-state index is 13.5. The minimum Gasteiger partial charge on any atom is -0.396 e. The minimum absolute atomic E-state index is 0.375. The molecule has 1 saturated heterocycles. The molecular weight excluding hydrogens is 178 g/mol. The lowest BCUT2D eigenvalue weighted by atomic mass is 9.75. The summed E-state index contributed by atoms with van der Waals surface area (Å²) in [5.41, 5.74) is -0.992. The van der Waals surface area contributed by atoms with Crippen LogP contribution in [0.25, 0.3) is 0 Å². The van der Waals surface area contributed by atoms with Crippen LogP contribution in [0.3, 0.4) is 0 Å². The fourth-order valence-corrected chi connectivity index (χ4v) is 1.63. The number of hydrogen-bond acceptors (Lipinski definition) is 2. The molecule has 0 bridgehead atoms. The molecule has 0 atom stereocenters. The standard InChI is InChI=1S/C9H16F2O2/c1-8(3-6-13-7-4-8)9(10,11)2-5-12/h12H,2-7H2,1H3. The lowest BCUT2D eigenvalue weighted by molar-refractivity contribution is -0.162. The molecule has 0 aromatic rings. The summed E-state index contributed by atoms with van der Waals surface area (Å²) < 4.78 is 32.0. The maximum atomic E-state index is 13.5. The highest BCUT2D eigenvalue weighted by Crippen LogP contribution is 2.46. The Labute approximate surface area is 76.9 Å². The molecule has 1 rings (SSSR count). The van der Waals surface area contributed by atoms with Gasteiger partial charge in [-0.05, 0) is 12.8 Å². The second kappa shape index (κ2) is 3.88. The second-order valence-electron chi connectivity index (χ2n) is 3.85. The molecule has 0 aromatic carbocycles. The summed E-state index contributed by atoms with van der Waals surface area (Å²) in [7, 11) is 0. The van der Waals surface area contributed by atoms with Crippen molar-refractivity contribution < 1.29 is 18.6 Å². The van der Waals surface area contributed by atoms with Gasteiger partial charge in [-0.25, -0.2) is 8.78 Å². The van der Waals surface area contributed by atoms with E-state index >= 15 is 0 Å². The molecule has 0 radical (unpaired) electrons. The first kappa shape index (κ1) is 10.9. The van der Waals surface area contributed by atoms with E-state index in [4.69, 9.17) is 9.84 Å². The van der Waals surface area contributed by atoms with Crippen LogP contribution in [-0.4, -0.2) is 30.8 Å². The third-order valence-electron chi connectivity index (χ3n) is 2.91. The van der Waals surface area contributed by atoms with Crippen molar-refractivity contribution in [2.45, 2.75) is 32.1 Å². The van der Waals surface area contributed by atoms with E-state index in [1.807, 2.05) is 0 Å². The van der Waals surface area contributed by atoms with Crippen molar-refractivity contribution in [1.29, 1.82) is 0 Å². The largest absolute Gasteiger partial charge is 0.396 e. The Balaban J connectivity index is 2.64. The molecule has 0 aromatic heterocycles. The molecule has 78 valence electrons. The Bertz CT molecular complexity index is 165. The number of ether oxygens (including phenoxy) is 1. The molecule has 13 heavy (non-hydrogen) atoms. The zero-order valence-corrected chi connectivity index (χ0v) is 7.85. The van der Waals surface area contributed by atoms with Crippen molar-refractivity contribution in [3.8, 4) is 0 Å². The lowest BCUT2D eigenvalue weighted by Gasteiger charge is -2.40. The molecule has 0 aliphatic carbocycles. The van der Waals surface area contributed by atoms with E-state index in [1.54, 1.807) is 6.92 Å². The van der Waals surface area contributed by atoms with Gasteiger partial charge in [0.15, 0.2) is 0 Å². The first-order valence-electron chi connectivity index (χ1n) is 4.58. The monoisotopic (exact) mass is 194 g/mol. The van der Waals surface area contributed by atoms with Crippen molar-refractivity contribution >= 4 is 0 Å². The van der Waals surface area contributed by atoms with Crippen molar-refractivity contribution in [2.24, 2.45) is 5.41 Å². The van der Waals surface area contributed by atoms with Crippen LogP contribution in [0.1, 0.15) is 26.2 Å². The van der Waals surface area contributed by atoms with E-state index < -0.39 is 24.4 Å². The summed E-state index contributed by atoms with van der Waals surface area (Å²) in [5, 5.41) is 8.54. The van der Waals surface area contributed by atoms with Gasteiger partial charge in [-0.1, -0.05) is 6.92 Å². The summed E-state index contributed by atoms with van der Waals surface area (Å²) in [5.74, 6) is -2.77. The number of alkyl halides is 2. The molecule has 0 unspecified atom stereocenters. The first-order valence-corrected chi connectivity index (χ1v) is 4.58. The molecule has 0 amide bonds. The summed E-state index contributed by atoms with van der Waals surface area (Å²) in [6.45, 7) is 1.92. The highest BCUT2D eigenvalue weighted by atomic mass is 19.3. The van der Waals surface area contributed by atoms with E-state index in [0.29, 0.717) is 26.1 Å². The predicted molar refractivity (Wildman–Crippen MR) is 44.8 cm³/mol. The molecule has 1 aliphatic heterocycles. The van der Waals surface area contributed by atoms with Crippen molar-refractivity contribution in [3.63, 3.8) is 0 Å². The summed E-state index contributed by atoms with van der Waals surface area (Å²) >= 11 is 0. The van der Waals surface area contributed by atoms with Gasteiger partial charge in [-0.3, -0.25) is 0 Å². The number of aliphatic hydroxyl groups is 1. The van der Waals surface area contributed by atoms with Gasteiger partial charge in [0.25, 0.3) is 5.92 Å². The smallest absolute Gasteiger partial charge is 0.255 e. The third-order valence-corrected chi connectivity index (χ3v) is 2.91. The molecule has 2 nitrogen and oxygen atoms in total. The van der Waals surface area contributed by atoms with Crippen LogP contribution in [0.15, 0.2) is 0 Å². The normalized spacial score (nSPS) is 23.1. The summed E-state index contributed by atoms with van der Waals surface area (Å²) in [6, 6.07) is 0. The van der Waals surface area contributed by atoms with Gasteiger partial charge in [-0.2, -0.15) is 0 Å². The van der Waals surface area contributed by atoms with Gasteiger partial charge in [0.2, 0.25) is 0 Å². The number of hydrogen-bond donors (Lipinski definition) is 1. The van der Waals surface area contributed by atoms with Crippen molar-refractivity contribution in [1.82, 2.24) is 0 Å². The number of aliphatic hydroxyl groups excluding tert-OH is 1. The second-order valence-corrected chi connectivity index (χ2v) is 3.85. The van der Waals surface area contributed by atoms with Gasteiger partial charge in [0.05, 0.1) is 0 Å². The minimum atomic E-state index is -2.77. The van der Waals surface area contributed by atoms with Gasteiger partial charge in [0.1, 0.15) is 0 Å². The van der Waals surface area contributed by atoms with Crippen LogP contribution in [0.5, 0.6) is 0 Å². The zero-order chi connectivity index (χ0) is 9.95. The average molecular weight is 194 g/mol. The Morgan fingerprint density at radius 3 is 2.38 bits per heavy atom. The van der Waals surface area contributed by atoms with Crippen molar-refractivity contribution in [2.75, 3.05) is 19.8 Å². The highest BCUT2D eigenvalue weighted by Gasteiger charge is 2.49. The zero-order valence-electron chi connectivity index (χ0n) is 7.85. The Morgan fingerprint density at radius 1 is 1.38 bits per heavy atom. The first-order chi connectivity index (χ1) is 6.02. The lowest BCUT2D eigenvalue weighted by Crippen LogP contribution is -2.43. The molecule has 0 spiro atoms. The summed E-state index contributed by atoms with van der Waals surface area (Å²) in [6.07, 6.45) is 0.309. The van der Waals surface area contributed by atoms with E-state index in [1.165, 1.54) is 0 Å². The van der Waals surface area contributed by atoms with Gasteiger partial charge >= 0.3 is 0 Å². The average Bonchev–Trinajstić information content (AvgIpc) is 2.05. The fraction of sp³-hybridized carbons (Fsp3) is 1.00. The van der Waals surface area contributed by atoms with Gasteiger partial charge in [0, 0.05) is 31.7 Å². The Kier molecular flexibility index (Phi) is 3.24. The van der Waals surface area contributed by atoms with E-state index in [-0.39, 0.29) is 0 Å². The predicted octanol–water partition coefficient (Wildman–Crippen LogP) is 1.82. The Hall–Kier alpha value is -0.220. The van der Waals surface area contributed by atoms with Crippen LogP contribution < -0.4 is 0 Å². The topological polar surface area (TPSA) is 29.5 Å². The Morgan fingerprint density at radius 2 is 1.92 bits per heavy atom. The van der Waals surface area contributed by atoms with Crippen LogP contribution in [-0.2, 0) is 4.74 Å². The van der Waals surface area contributed by atoms with Crippen LogP contribution in [0.2, 0.25) is 0 Å². The quantitative estimate of drug-likeness (QED) is 0.742. The molecule has 1 aliphatic rings. The molecule has 1 N–H and O–H groups in total. The maximum Gasteiger partial charge on any atom is 0.255 e. The van der Waals surface area contributed by atoms with Crippen molar-refractivity contribution in [3.05, 3.63) is 0 Å². The van der Waals surface area contributed by atoms with E-state index in [0.717, 1.165) is 0 Å². The van der Waals surface area contributed by atoms with Gasteiger partial charge < -0.3 is 9.84 Å². The molecule has 1 fully saturated rings. The van der Waals surface area contributed by atoms with Crippen LogP contribution >= 0.6 is 0 Å². The molecule has 4 heteroatoms. The SMILES string of the molecule is CC1(C(F)(F)CCO)CCOCC1. The fourth-order valence-electron chi connectivity index (χ4n) is 1.63. The molecular formula is C9H16F2O2. The van der Waals surface area contributed by atoms with Crippen LogP contribution in [0, 0.1) is 5.41 Å².